The van der Waals surface area contributed by atoms with Crippen molar-refractivity contribution < 1.29 is 18.6 Å². The van der Waals surface area contributed by atoms with Crippen LogP contribution in [0.15, 0.2) is 0 Å². The third-order valence-electron chi connectivity index (χ3n) is 1.90. The average Bonchev–Trinajstić information content (AvgIpc) is 2.14. The highest BCUT2D eigenvalue weighted by Crippen LogP contribution is 2.21. The minimum atomic E-state index is -1.02. The van der Waals surface area contributed by atoms with Gasteiger partial charge in [0.05, 0.1) is 0 Å². The van der Waals surface area contributed by atoms with E-state index in [0.717, 1.165) is 6.42 Å². The van der Waals surface area contributed by atoms with E-state index in [9.17, 15) is 0 Å². The van der Waals surface area contributed by atoms with Crippen molar-refractivity contribution in [2.75, 3.05) is 21.3 Å². The van der Waals surface area contributed by atoms with Gasteiger partial charge in [-0.05, 0) is 6.42 Å². The molecule has 12 heavy (non-hydrogen) atoms. The molecule has 0 saturated heterocycles. The first-order valence-electron chi connectivity index (χ1n) is 3.89. The Kier molecular flexibility index (Phi) is 5.69. The molecule has 0 radical (unpaired) electrons. The lowest BCUT2D eigenvalue weighted by Gasteiger charge is -2.35. The Balaban J connectivity index is 4.42. The van der Waals surface area contributed by atoms with Gasteiger partial charge in [0.25, 0.3) is 5.97 Å². The quantitative estimate of drug-likeness (QED) is 0.428. The molecule has 0 saturated carbocycles. The summed E-state index contributed by atoms with van der Waals surface area (Å²) in [6.45, 7) is 1.99. The molecule has 0 heterocycles. The molecule has 5 heteroatoms. The Hall–Kier alpha value is 0.0569. The second-order valence-electron chi connectivity index (χ2n) is 2.35. The molecule has 0 rings (SSSR count). The van der Waals surface area contributed by atoms with Gasteiger partial charge in [-0.15, -0.1) is 0 Å². The lowest BCUT2D eigenvalue weighted by Crippen LogP contribution is -2.48. The topological polar surface area (TPSA) is 36.9 Å². The molecule has 0 N–H and O–H groups in total. The number of ether oxygens (including phenoxy) is 3. The second-order valence-corrected chi connectivity index (χ2v) is 2.76. The molecule has 1 unspecified atom stereocenters. The van der Waals surface area contributed by atoms with E-state index < -0.39 is 5.97 Å². The van der Waals surface area contributed by atoms with Crippen LogP contribution in [0.5, 0.6) is 0 Å². The lowest BCUT2D eigenvalue weighted by molar-refractivity contribution is -0.365. The van der Waals surface area contributed by atoms with Gasteiger partial charge in [-0.25, -0.2) is 0 Å². The summed E-state index contributed by atoms with van der Waals surface area (Å²) >= 11 is 0. The van der Waals surface area contributed by atoms with E-state index in [1.807, 2.05) is 6.92 Å². The largest absolute Gasteiger partial charge is 0.378 e. The number of hydrogen-bond acceptors (Lipinski definition) is 4. The van der Waals surface area contributed by atoms with Crippen molar-refractivity contribution in [1.82, 2.24) is 0 Å². The fourth-order valence-electron chi connectivity index (χ4n) is 1.21. The van der Waals surface area contributed by atoms with E-state index in [0.29, 0.717) is 10.5 Å². The Morgan fingerprint density at radius 1 is 1.25 bits per heavy atom. The van der Waals surface area contributed by atoms with Gasteiger partial charge >= 0.3 is 0 Å². The van der Waals surface area contributed by atoms with Crippen LogP contribution in [0.3, 0.4) is 0 Å². The van der Waals surface area contributed by atoms with Crippen molar-refractivity contribution >= 4 is 10.5 Å². The van der Waals surface area contributed by atoms with Crippen molar-refractivity contribution in [1.29, 1.82) is 0 Å². The van der Waals surface area contributed by atoms with Crippen molar-refractivity contribution in [3.8, 4) is 0 Å². The molecular formula is C7H18O4Si. The average molecular weight is 194 g/mol. The van der Waals surface area contributed by atoms with Crippen LogP contribution in [0.1, 0.15) is 13.3 Å². The standard InChI is InChI=1S/C7H18O4Si/c1-5-6(8-2)7(9-3,10-4)11-12/h6H,5H2,1-4,12H3. The smallest absolute Gasteiger partial charge is 0.299 e. The molecule has 0 aromatic heterocycles. The van der Waals surface area contributed by atoms with Crippen molar-refractivity contribution in [2.24, 2.45) is 0 Å². The van der Waals surface area contributed by atoms with Crippen molar-refractivity contribution in [3.05, 3.63) is 0 Å². The highest BCUT2D eigenvalue weighted by Gasteiger charge is 2.38. The molecule has 0 spiro atoms. The van der Waals surface area contributed by atoms with Crippen LogP contribution < -0.4 is 0 Å². The first-order chi connectivity index (χ1) is 5.70. The van der Waals surface area contributed by atoms with Gasteiger partial charge in [-0.1, -0.05) is 6.92 Å². The maximum Gasteiger partial charge on any atom is 0.299 e. The van der Waals surface area contributed by atoms with Gasteiger partial charge in [0, 0.05) is 21.3 Å². The molecular weight excluding hydrogens is 176 g/mol. The van der Waals surface area contributed by atoms with E-state index in [4.69, 9.17) is 18.6 Å². The minimum Gasteiger partial charge on any atom is -0.378 e. The van der Waals surface area contributed by atoms with Crippen molar-refractivity contribution in [2.45, 2.75) is 25.4 Å². The van der Waals surface area contributed by atoms with Gasteiger partial charge in [0.1, 0.15) is 6.10 Å². The zero-order valence-corrected chi connectivity index (χ0v) is 10.4. The summed E-state index contributed by atoms with van der Waals surface area (Å²) in [4.78, 5) is 0. The van der Waals surface area contributed by atoms with E-state index >= 15 is 0 Å². The molecule has 0 bridgehead atoms. The monoisotopic (exact) mass is 194 g/mol. The van der Waals surface area contributed by atoms with Gasteiger partial charge in [0.15, 0.2) is 10.5 Å². The number of hydrogen-bond donors (Lipinski definition) is 0. The Morgan fingerprint density at radius 2 is 1.75 bits per heavy atom. The van der Waals surface area contributed by atoms with Crippen LogP contribution in [0.25, 0.3) is 0 Å². The molecule has 0 aliphatic carbocycles. The third kappa shape index (κ3) is 2.27. The first kappa shape index (κ1) is 12.1. The maximum atomic E-state index is 5.25. The molecule has 0 fully saturated rings. The number of rotatable bonds is 6. The molecule has 74 valence electrons. The van der Waals surface area contributed by atoms with Crippen LogP contribution in [0.4, 0.5) is 0 Å². The molecule has 0 aromatic carbocycles. The SMILES string of the molecule is CCC(OC)C(OC)(OC)O[SiH3]. The Bertz CT molecular complexity index is 104. The molecule has 0 aromatic rings. The van der Waals surface area contributed by atoms with E-state index in [-0.39, 0.29) is 6.10 Å². The van der Waals surface area contributed by atoms with Gasteiger partial charge < -0.3 is 18.6 Å². The van der Waals surface area contributed by atoms with Gasteiger partial charge in [-0.2, -0.15) is 0 Å². The zero-order valence-electron chi connectivity index (χ0n) is 8.42. The second kappa shape index (κ2) is 5.66. The summed E-state index contributed by atoms with van der Waals surface area (Å²) in [6.07, 6.45) is 0.588. The summed E-state index contributed by atoms with van der Waals surface area (Å²) in [5.74, 6) is -1.02. The third-order valence-corrected chi connectivity index (χ3v) is 2.47. The van der Waals surface area contributed by atoms with E-state index in [2.05, 4.69) is 0 Å². The normalized spacial score (nSPS) is 15.0. The molecule has 0 aliphatic rings. The molecule has 0 amide bonds. The first-order valence-corrected chi connectivity index (χ1v) is 4.70. The minimum absolute atomic E-state index is 0.190. The van der Waals surface area contributed by atoms with Crippen LogP contribution in [-0.4, -0.2) is 43.9 Å². The molecule has 1 atom stereocenters. The highest BCUT2D eigenvalue weighted by atomic mass is 28.2. The Morgan fingerprint density at radius 3 is 1.83 bits per heavy atom. The molecule has 0 aliphatic heterocycles. The summed E-state index contributed by atoms with van der Waals surface area (Å²) in [7, 11) is 5.24. The fourth-order valence-corrected chi connectivity index (χ4v) is 1.80. The van der Waals surface area contributed by atoms with Crippen molar-refractivity contribution in [3.63, 3.8) is 0 Å². The maximum absolute atomic E-state index is 5.25. The fraction of sp³-hybridized carbons (Fsp3) is 1.00. The van der Waals surface area contributed by atoms with Crippen LogP contribution >= 0.6 is 0 Å². The lowest BCUT2D eigenvalue weighted by atomic mass is 10.2. The van der Waals surface area contributed by atoms with Gasteiger partial charge in [0.2, 0.25) is 0 Å². The highest BCUT2D eigenvalue weighted by molar-refractivity contribution is 5.98. The summed E-state index contributed by atoms with van der Waals surface area (Å²) in [5, 5.41) is 0. The summed E-state index contributed by atoms with van der Waals surface area (Å²) in [5.41, 5.74) is 0. The van der Waals surface area contributed by atoms with E-state index in [1.165, 1.54) is 0 Å². The predicted octanol–water partition coefficient (Wildman–Crippen LogP) is -0.345. The molecule has 4 nitrogen and oxygen atoms in total. The number of methoxy groups -OCH3 is 3. The van der Waals surface area contributed by atoms with Gasteiger partial charge in [-0.3, -0.25) is 0 Å². The van der Waals surface area contributed by atoms with Crippen LogP contribution in [0.2, 0.25) is 0 Å². The van der Waals surface area contributed by atoms with Crippen LogP contribution in [-0.2, 0) is 18.6 Å². The van der Waals surface area contributed by atoms with E-state index in [1.54, 1.807) is 21.3 Å². The predicted molar refractivity (Wildman–Crippen MR) is 48.9 cm³/mol. The zero-order chi connectivity index (χ0) is 9.61. The Labute approximate surface area is 76.7 Å². The summed E-state index contributed by atoms with van der Waals surface area (Å²) in [6, 6.07) is 0. The summed E-state index contributed by atoms with van der Waals surface area (Å²) < 4.78 is 20.7. The van der Waals surface area contributed by atoms with Crippen LogP contribution in [0, 0.1) is 0 Å².